The summed E-state index contributed by atoms with van der Waals surface area (Å²) < 4.78 is 11.2. The van der Waals surface area contributed by atoms with E-state index in [-0.39, 0.29) is 28.9 Å². The Kier molecular flexibility index (Phi) is 4.49. The van der Waals surface area contributed by atoms with E-state index in [0.29, 0.717) is 17.6 Å². The molecule has 0 aromatic heterocycles. The lowest BCUT2D eigenvalue weighted by atomic mass is 9.49. The average molecular weight is 422 g/mol. The van der Waals surface area contributed by atoms with Crippen molar-refractivity contribution in [2.75, 3.05) is 6.61 Å². The molecule has 4 aliphatic rings. The van der Waals surface area contributed by atoms with Gasteiger partial charge in [0.25, 0.3) is 5.91 Å². The lowest BCUT2D eigenvalue weighted by molar-refractivity contribution is -0.170. The standard InChI is InChI=1S/C20H24BrNO4/c21-20-8-14-4-15(9-20)7-19(6-14,12-20)18(24)26-10-13-2-1-3-16(5-13)25-11-17(22)23/h1-3,5,14-15H,4,6-12H2,(H2,22,23)/t14-,15-,19?,20?/m1/s1. The van der Waals surface area contributed by atoms with Gasteiger partial charge in [0.2, 0.25) is 0 Å². The van der Waals surface area contributed by atoms with Gasteiger partial charge in [0, 0.05) is 4.32 Å². The molecule has 0 unspecified atom stereocenters. The summed E-state index contributed by atoms with van der Waals surface area (Å²) in [7, 11) is 0. The molecule has 140 valence electrons. The Morgan fingerprint density at radius 2 is 1.92 bits per heavy atom. The highest BCUT2D eigenvalue weighted by Gasteiger charge is 2.60. The highest BCUT2D eigenvalue weighted by atomic mass is 79.9. The molecule has 1 aromatic rings. The molecule has 2 atom stereocenters. The zero-order valence-corrected chi connectivity index (χ0v) is 16.3. The van der Waals surface area contributed by atoms with Crippen LogP contribution in [0.4, 0.5) is 0 Å². The molecule has 0 radical (unpaired) electrons. The van der Waals surface area contributed by atoms with E-state index < -0.39 is 5.91 Å². The second-order valence-corrected chi connectivity index (χ2v) is 10.1. The van der Waals surface area contributed by atoms with Crippen LogP contribution in [0.5, 0.6) is 5.75 Å². The molecule has 4 bridgehead atoms. The van der Waals surface area contributed by atoms with Crippen molar-refractivity contribution in [3.8, 4) is 5.75 Å². The number of ether oxygens (including phenoxy) is 2. The van der Waals surface area contributed by atoms with Gasteiger partial charge in [-0.2, -0.15) is 0 Å². The first-order valence-electron chi connectivity index (χ1n) is 9.22. The summed E-state index contributed by atoms with van der Waals surface area (Å²) in [5.41, 5.74) is 5.63. The minimum atomic E-state index is -0.521. The van der Waals surface area contributed by atoms with E-state index in [1.54, 1.807) is 12.1 Å². The number of carbonyl (C=O) groups excluding carboxylic acids is 2. The summed E-state index contributed by atoms with van der Waals surface area (Å²) >= 11 is 3.93. The molecule has 4 fully saturated rings. The first kappa shape index (κ1) is 17.8. The van der Waals surface area contributed by atoms with Crippen LogP contribution in [0.25, 0.3) is 0 Å². The van der Waals surface area contributed by atoms with Crippen LogP contribution in [0.2, 0.25) is 0 Å². The molecule has 0 aliphatic heterocycles. The SMILES string of the molecule is NC(=O)COc1cccc(COC(=O)C23C[C@H]4C[C@@H](CC(Br)(C4)C2)C3)c1. The van der Waals surface area contributed by atoms with Gasteiger partial charge in [-0.05, 0) is 68.1 Å². The Labute approximate surface area is 161 Å². The zero-order valence-electron chi connectivity index (χ0n) is 14.7. The number of carbonyl (C=O) groups is 2. The molecule has 2 N–H and O–H groups in total. The lowest BCUT2D eigenvalue weighted by Crippen LogP contribution is -2.56. The van der Waals surface area contributed by atoms with Gasteiger partial charge >= 0.3 is 5.97 Å². The van der Waals surface area contributed by atoms with Gasteiger partial charge in [0.15, 0.2) is 6.61 Å². The number of hydrogen-bond donors (Lipinski definition) is 1. The maximum Gasteiger partial charge on any atom is 0.312 e. The Balaban J connectivity index is 1.40. The van der Waals surface area contributed by atoms with Crippen molar-refractivity contribution >= 4 is 27.8 Å². The molecule has 26 heavy (non-hydrogen) atoms. The fourth-order valence-corrected chi connectivity index (χ4v) is 7.02. The van der Waals surface area contributed by atoms with Gasteiger partial charge in [0.1, 0.15) is 12.4 Å². The summed E-state index contributed by atoms with van der Waals surface area (Å²) in [6.07, 6.45) is 6.49. The third kappa shape index (κ3) is 3.48. The number of esters is 1. The summed E-state index contributed by atoms with van der Waals surface area (Å²) in [4.78, 5) is 23.8. The van der Waals surface area contributed by atoms with Crippen LogP contribution in [0.15, 0.2) is 24.3 Å². The monoisotopic (exact) mass is 421 g/mol. The van der Waals surface area contributed by atoms with Crippen molar-refractivity contribution in [1.29, 1.82) is 0 Å². The fourth-order valence-electron chi connectivity index (χ4n) is 5.57. The summed E-state index contributed by atoms with van der Waals surface area (Å²) in [5.74, 6) is 1.26. The van der Waals surface area contributed by atoms with E-state index >= 15 is 0 Å². The van der Waals surface area contributed by atoms with Gasteiger partial charge in [0.05, 0.1) is 5.41 Å². The van der Waals surface area contributed by atoms with E-state index in [0.717, 1.165) is 24.8 Å². The minimum Gasteiger partial charge on any atom is -0.484 e. The van der Waals surface area contributed by atoms with Gasteiger partial charge in [-0.3, -0.25) is 9.59 Å². The van der Waals surface area contributed by atoms with Gasteiger partial charge < -0.3 is 15.2 Å². The first-order chi connectivity index (χ1) is 12.4. The minimum absolute atomic E-state index is 0.0566. The van der Waals surface area contributed by atoms with Crippen LogP contribution in [-0.2, 0) is 20.9 Å². The van der Waals surface area contributed by atoms with Crippen LogP contribution < -0.4 is 10.5 Å². The number of amides is 1. The zero-order chi connectivity index (χ0) is 18.4. The largest absolute Gasteiger partial charge is 0.484 e. The molecule has 0 spiro atoms. The van der Waals surface area contributed by atoms with Crippen molar-refractivity contribution in [3.63, 3.8) is 0 Å². The van der Waals surface area contributed by atoms with Crippen molar-refractivity contribution in [2.24, 2.45) is 23.0 Å². The molecule has 1 amide bonds. The maximum absolute atomic E-state index is 13.0. The third-order valence-electron chi connectivity index (χ3n) is 6.07. The number of alkyl halides is 1. The summed E-state index contributed by atoms with van der Waals surface area (Å²) in [5, 5.41) is 0. The smallest absolute Gasteiger partial charge is 0.312 e. The van der Waals surface area contributed by atoms with Crippen molar-refractivity contribution < 1.29 is 19.1 Å². The number of primary amides is 1. The van der Waals surface area contributed by atoms with Crippen LogP contribution in [-0.4, -0.2) is 22.8 Å². The Hall–Kier alpha value is -1.56. The van der Waals surface area contributed by atoms with Crippen LogP contribution >= 0.6 is 15.9 Å². The quantitative estimate of drug-likeness (QED) is 0.564. The molecular weight excluding hydrogens is 398 g/mol. The molecule has 4 aliphatic carbocycles. The molecule has 1 aromatic carbocycles. The predicted molar refractivity (Wildman–Crippen MR) is 99.7 cm³/mol. The molecule has 0 saturated heterocycles. The molecule has 5 nitrogen and oxygen atoms in total. The Bertz CT molecular complexity index is 720. The van der Waals surface area contributed by atoms with Crippen molar-refractivity contribution in [1.82, 2.24) is 0 Å². The number of nitrogens with two attached hydrogens (primary N) is 1. The Morgan fingerprint density at radius 1 is 1.19 bits per heavy atom. The molecule has 5 rings (SSSR count). The molecule has 4 saturated carbocycles. The van der Waals surface area contributed by atoms with Gasteiger partial charge in [-0.25, -0.2) is 0 Å². The second kappa shape index (κ2) is 6.55. The van der Waals surface area contributed by atoms with Crippen LogP contribution in [0.1, 0.15) is 44.1 Å². The number of hydrogen-bond acceptors (Lipinski definition) is 4. The molecule has 6 heteroatoms. The lowest BCUT2D eigenvalue weighted by Gasteiger charge is -2.58. The average Bonchev–Trinajstić information content (AvgIpc) is 2.56. The highest BCUT2D eigenvalue weighted by Crippen LogP contribution is 2.64. The fraction of sp³-hybridized carbons (Fsp3) is 0.600. The Morgan fingerprint density at radius 3 is 2.58 bits per heavy atom. The van der Waals surface area contributed by atoms with E-state index in [1.807, 2.05) is 12.1 Å². The van der Waals surface area contributed by atoms with E-state index in [1.165, 1.54) is 19.3 Å². The molecule has 0 heterocycles. The summed E-state index contributed by atoms with van der Waals surface area (Å²) in [6.45, 7) is 0.0570. The van der Waals surface area contributed by atoms with E-state index in [2.05, 4.69) is 15.9 Å². The third-order valence-corrected chi connectivity index (χ3v) is 7.00. The number of benzene rings is 1. The number of rotatable bonds is 6. The van der Waals surface area contributed by atoms with E-state index in [4.69, 9.17) is 15.2 Å². The topological polar surface area (TPSA) is 78.6 Å². The maximum atomic E-state index is 13.0. The van der Waals surface area contributed by atoms with Crippen molar-refractivity contribution in [3.05, 3.63) is 29.8 Å². The van der Waals surface area contributed by atoms with E-state index in [9.17, 15) is 9.59 Å². The van der Waals surface area contributed by atoms with Crippen LogP contribution in [0.3, 0.4) is 0 Å². The molecular formula is C20H24BrNO4. The predicted octanol–water partition coefficient (Wildman–Crippen LogP) is 3.33. The number of halogens is 1. The normalized spacial score (nSPS) is 34.5. The first-order valence-corrected chi connectivity index (χ1v) is 10.0. The highest BCUT2D eigenvalue weighted by molar-refractivity contribution is 9.10. The van der Waals surface area contributed by atoms with Crippen molar-refractivity contribution in [2.45, 2.75) is 49.5 Å². The van der Waals surface area contributed by atoms with Crippen LogP contribution in [0, 0.1) is 17.3 Å². The summed E-state index contributed by atoms with van der Waals surface area (Å²) in [6, 6.07) is 7.23. The van der Waals surface area contributed by atoms with Gasteiger partial charge in [-0.15, -0.1) is 0 Å². The second-order valence-electron chi connectivity index (χ2n) is 8.37. The van der Waals surface area contributed by atoms with Gasteiger partial charge in [-0.1, -0.05) is 28.1 Å².